The molecule has 0 heterocycles. The van der Waals surface area contributed by atoms with Crippen LogP contribution in [0.15, 0.2) is 0 Å². The van der Waals surface area contributed by atoms with E-state index >= 15 is 0 Å². The highest BCUT2D eigenvalue weighted by Gasteiger charge is 2.21. The van der Waals surface area contributed by atoms with Crippen LogP contribution in [0.1, 0.15) is 32.1 Å². The lowest BCUT2D eigenvalue weighted by molar-refractivity contribution is -0.0971. The van der Waals surface area contributed by atoms with E-state index in [1.165, 1.54) is 0 Å². The van der Waals surface area contributed by atoms with E-state index < -0.39 is 0 Å². The standard InChI is InChI=1S/C11H22O3S/c1-12-9-14-11-5-3-10(4-6-11)13-7-2-8-15/h10-11,15H,2-9H2,1H3. The molecule has 0 spiro atoms. The molecule has 15 heavy (non-hydrogen) atoms. The summed E-state index contributed by atoms with van der Waals surface area (Å²) in [5.41, 5.74) is 0. The normalized spacial score (nSPS) is 26.8. The van der Waals surface area contributed by atoms with Crippen molar-refractivity contribution in [2.45, 2.75) is 44.3 Å². The molecular weight excluding hydrogens is 212 g/mol. The Morgan fingerprint density at radius 3 is 2.20 bits per heavy atom. The zero-order valence-corrected chi connectivity index (χ0v) is 10.4. The minimum Gasteiger partial charge on any atom is -0.378 e. The van der Waals surface area contributed by atoms with Gasteiger partial charge in [0.05, 0.1) is 12.2 Å². The van der Waals surface area contributed by atoms with E-state index in [1.807, 2.05) is 0 Å². The highest BCUT2D eigenvalue weighted by Crippen LogP contribution is 2.23. The molecule has 0 atom stereocenters. The predicted octanol–water partition coefficient (Wildman–Crippen LogP) is 2.25. The van der Waals surface area contributed by atoms with Gasteiger partial charge in [-0.25, -0.2) is 0 Å². The van der Waals surface area contributed by atoms with E-state index in [4.69, 9.17) is 14.2 Å². The fourth-order valence-corrected chi connectivity index (χ4v) is 1.97. The molecule has 0 saturated heterocycles. The van der Waals surface area contributed by atoms with E-state index in [-0.39, 0.29) is 0 Å². The van der Waals surface area contributed by atoms with Gasteiger partial charge in [-0.2, -0.15) is 12.6 Å². The average Bonchev–Trinajstić information content (AvgIpc) is 2.28. The SMILES string of the molecule is COCOC1CCC(OCCCS)CC1. The Balaban J connectivity index is 2.02. The van der Waals surface area contributed by atoms with Crippen LogP contribution in [0, 0.1) is 0 Å². The highest BCUT2D eigenvalue weighted by molar-refractivity contribution is 7.80. The number of hydrogen-bond acceptors (Lipinski definition) is 4. The Bertz CT molecular complexity index is 147. The van der Waals surface area contributed by atoms with Crippen molar-refractivity contribution in [3.05, 3.63) is 0 Å². The van der Waals surface area contributed by atoms with Crippen molar-refractivity contribution >= 4 is 12.6 Å². The van der Waals surface area contributed by atoms with Crippen molar-refractivity contribution in [2.24, 2.45) is 0 Å². The Morgan fingerprint density at radius 2 is 1.67 bits per heavy atom. The maximum Gasteiger partial charge on any atom is 0.146 e. The summed E-state index contributed by atoms with van der Waals surface area (Å²) >= 11 is 4.16. The van der Waals surface area contributed by atoms with Crippen LogP contribution in [0.25, 0.3) is 0 Å². The number of rotatable bonds is 7. The molecule has 4 heteroatoms. The molecule has 3 nitrogen and oxygen atoms in total. The molecule has 0 aromatic rings. The molecule has 0 radical (unpaired) electrons. The van der Waals surface area contributed by atoms with Gasteiger partial charge in [-0.05, 0) is 37.9 Å². The summed E-state index contributed by atoms with van der Waals surface area (Å²) in [5.74, 6) is 0.909. The maximum absolute atomic E-state index is 5.74. The number of ether oxygens (including phenoxy) is 3. The quantitative estimate of drug-likeness (QED) is 0.416. The summed E-state index contributed by atoms with van der Waals surface area (Å²) in [7, 11) is 1.66. The fraction of sp³-hybridized carbons (Fsp3) is 1.00. The number of methoxy groups -OCH3 is 1. The Morgan fingerprint density at radius 1 is 1.07 bits per heavy atom. The van der Waals surface area contributed by atoms with Crippen LogP contribution in [-0.4, -0.2) is 38.5 Å². The van der Waals surface area contributed by atoms with Crippen molar-refractivity contribution in [3.63, 3.8) is 0 Å². The minimum absolute atomic E-state index is 0.370. The van der Waals surface area contributed by atoms with Crippen LogP contribution < -0.4 is 0 Å². The zero-order valence-electron chi connectivity index (χ0n) is 9.48. The summed E-state index contributed by atoms with van der Waals surface area (Å²) in [4.78, 5) is 0. The van der Waals surface area contributed by atoms with Crippen molar-refractivity contribution in [3.8, 4) is 0 Å². The van der Waals surface area contributed by atoms with Crippen LogP contribution >= 0.6 is 12.6 Å². The van der Waals surface area contributed by atoms with E-state index in [0.717, 1.165) is 44.5 Å². The molecule has 1 aliphatic carbocycles. The van der Waals surface area contributed by atoms with Gasteiger partial charge in [-0.1, -0.05) is 0 Å². The first-order valence-corrected chi connectivity index (χ1v) is 6.33. The van der Waals surface area contributed by atoms with Crippen molar-refractivity contribution in [2.75, 3.05) is 26.3 Å². The summed E-state index contributed by atoms with van der Waals surface area (Å²) in [6.45, 7) is 1.26. The van der Waals surface area contributed by atoms with Gasteiger partial charge in [0.2, 0.25) is 0 Å². The molecule has 1 fully saturated rings. The first-order chi connectivity index (χ1) is 7.36. The molecule has 0 aromatic heterocycles. The van der Waals surface area contributed by atoms with Gasteiger partial charge in [0.25, 0.3) is 0 Å². The lowest BCUT2D eigenvalue weighted by Gasteiger charge is -2.28. The van der Waals surface area contributed by atoms with Gasteiger partial charge in [-0.3, -0.25) is 0 Å². The van der Waals surface area contributed by atoms with E-state index in [1.54, 1.807) is 7.11 Å². The first-order valence-electron chi connectivity index (χ1n) is 5.69. The Hall–Kier alpha value is 0.230. The Kier molecular flexibility index (Phi) is 7.44. The molecule has 0 unspecified atom stereocenters. The van der Waals surface area contributed by atoms with Crippen molar-refractivity contribution in [1.29, 1.82) is 0 Å². The van der Waals surface area contributed by atoms with Crippen molar-refractivity contribution in [1.82, 2.24) is 0 Å². The largest absolute Gasteiger partial charge is 0.378 e. The van der Waals surface area contributed by atoms with E-state index in [9.17, 15) is 0 Å². The zero-order chi connectivity index (χ0) is 10.9. The molecule has 1 aliphatic rings. The van der Waals surface area contributed by atoms with Crippen LogP contribution in [0.5, 0.6) is 0 Å². The molecule has 90 valence electrons. The van der Waals surface area contributed by atoms with E-state index in [2.05, 4.69) is 12.6 Å². The predicted molar refractivity (Wildman–Crippen MR) is 63.4 cm³/mol. The van der Waals surface area contributed by atoms with Crippen LogP contribution in [0.3, 0.4) is 0 Å². The molecule has 1 rings (SSSR count). The highest BCUT2D eigenvalue weighted by atomic mass is 32.1. The monoisotopic (exact) mass is 234 g/mol. The fourth-order valence-electron chi connectivity index (χ4n) is 1.84. The average molecular weight is 234 g/mol. The molecule has 0 aliphatic heterocycles. The summed E-state index contributed by atoms with van der Waals surface area (Å²) in [6.07, 6.45) is 6.26. The third-order valence-corrected chi connectivity index (χ3v) is 3.02. The molecule has 0 aromatic carbocycles. The summed E-state index contributed by atoms with van der Waals surface area (Å²) in [5, 5.41) is 0. The van der Waals surface area contributed by atoms with Crippen LogP contribution in [0.4, 0.5) is 0 Å². The van der Waals surface area contributed by atoms with Crippen LogP contribution in [0.2, 0.25) is 0 Å². The van der Waals surface area contributed by atoms with Crippen LogP contribution in [-0.2, 0) is 14.2 Å². The smallest absolute Gasteiger partial charge is 0.146 e. The van der Waals surface area contributed by atoms with E-state index in [0.29, 0.717) is 19.0 Å². The second-order valence-corrected chi connectivity index (χ2v) is 4.37. The van der Waals surface area contributed by atoms with Gasteiger partial charge < -0.3 is 14.2 Å². The summed E-state index contributed by atoms with van der Waals surface area (Å²) < 4.78 is 16.1. The topological polar surface area (TPSA) is 27.7 Å². The molecular formula is C11H22O3S. The summed E-state index contributed by atoms with van der Waals surface area (Å²) in [6, 6.07) is 0. The third kappa shape index (κ3) is 5.76. The number of thiol groups is 1. The molecule has 0 N–H and O–H groups in total. The maximum atomic E-state index is 5.74. The van der Waals surface area contributed by atoms with Crippen molar-refractivity contribution < 1.29 is 14.2 Å². The molecule has 1 saturated carbocycles. The lowest BCUT2D eigenvalue weighted by Crippen LogP contribution is -2.27. The van der Waals surface area contributed by atoms with Gasteiger partial charge in [-0.15, -0.1) is 0 Å². The van der Waals surface area contributed by atoms with Gasteiger partial charge in [0, 0.05) is 13.7 Å². The lowest BCUT2D eigenvalue weighted by atomic mass is 9.95. The number of hydrogen-bond donors (Lipinski definition) is 1. The van der Waals surface area contributed by atoms with Gasteiger partial charge in [0.1, 0.15) is 6.79 Å². The van der Waals surface area contributed by atoms with Gasteiger partial charge in [0.15, 0.2) is 0 Å². The Labute approximate surface area is 97.9 Å². The molecule has 0 bridgehead atoms. The first kappa shape index (κ1) is 13.3. The third-order valence-electron chi connectivity index (χ3n) is 2.70. The molecule has 0 amide bonds. The minimum atomic E-state index is 0.370. The second-order valence-electron chi connectivity index (χ2n) is 3.92. The second kappa shape index (κ2) is 8.39. The van der Waals surface area contributed by atoms with Gasteiger partial charge >= 0.3 is 0 Å².